The zero-order valence-corrected chi connectivity index (χ0v) is 19.1. The van der Waals surface area contributed by atoms with Crippen LogP contribution < -0.4 is 11.4 Å². The molecular formula is C25H30N4O3. The zero-order valence-electron chi connectivity index (χ0n) is 19.1. The number of nitrogens with two attached hydrogens (primary N) is 1. The molecule has 4 rings (SSSR count). The van der Waals surface area contributed by atoms with Crippen molar-refractivity contribution in [1.29, 1.82) is 0 Å². The monoisotopic (exact) mass is 434 g/mol. The standard InChI is InChI=1S/C25H30N4O3/c1-5-6-19(12-23(30)31)29-21-11-18(26)7-8-20(21)28(25(29)32)14-17-13-27(4)22-10-15(2)9-16(3)24(17)22/h7-11,13,19H,5-6,12,14,26H2,1-4H3,(H,30,31). The third kappa shape index (κ3) is 3.68. The van der Waals surface area contributed by atoms with E-state index < -0.39 is 12.0 Å². The van der Waals surface area contributed by atoms with Gasteiger partial charge in [-0.1, -0.05) is 19.4 Å². The molecule has 7 heteroatoms. The van der Waals surface area contributed by atoms with Crippen LogP contribution in [0.25, 0.3) is 21.9 Å². The number of aliphatic carboxylic acids is 1. The van der Waals surface area contributed by atoms with E-state index in [1.54, 1.807) is 21.3 Å². The summed E-state index contributed by atoms with van der Waals surface area (Å²) in [6, 6.07) is 9.30. The number of anilines is 1. The number of rotatable bonds is 7. The lowest BCUT2D eigenvalue weighted by molar-refractivity contribution is -0.137. The van der Waals surface area contributed by atoms with E-state index in [1.807, 2.05) is 20.0 Å². The first-order valence-electron chi connectivity index (χ1n) is 11.0. The van der Waals surface area contributed by atoms with Crippen molar-refractivity contribution in [1.82, 2.24) is 13.7 Å². The molecule has 0 saturated heterocycles. The maximum absolute atomic E-state index is 13.7. The van der Waals surface area contributed by atoms with Crippen LogP contribution in [0.4, 0.5) is 5.69 Å². The molecule has 0 aliphatic carbocycles. The summed E-state index contributed by atoms with van der Waals surface area (Å²) in [6.45, 7) is 6.57. The van der Waals surface area contributed by atoms with Crippen LogP contribution in [0.1, 0.15) is 48.9 Å². The van der Waals surface area contributed by atoms with Gasteiger partial charge in [0.15, 0.2) is 0 Å². The van der Waals surface area contributed by atoms with Crippen molar-refractivity contribution in [2.45, 2.75) is 52.6 Å². The van der Waals surface area contributed by atoms with Gasteiger partial charge in [-0.25, -0.2) is 4.79 Å². The molecular weight excluding hydrogens is 404 g/mol. The van der Waals surface area contributed by atoms with Crippen LogP contribution in [-0.4, -0.2) is 24.8 Å². The Morgan fingerprint density at radius 2 is 1.88 bits per heavy atom. The van der Waals surface area contributed by atoms with Crippen LogP contribution in [0.3, 0.4) is 0 Å². The highest BCUT2D eigenvalue weighted by molar-refractivity contribution is 5.88. The van der Waals surface area contributed by atoms with Gasteiger partial charge in [0.25, 0.3) is 0 Å². The minimum Gasteiger partial charge on any atom is -0.481 e. The number of imidazole rings is 1. The lowest BCUT2D eigenvalue weighted by atomic mass is 10.0. The number of nitrogens with zero attached hydrogens (tertiary/aromatic N) is 3. The van der Waals surface area contributed by atoms with E-state index >= 15 is 0 Å². The number of aryl methyl sites for hydroxylation is 3. The third-order valence-electron chi connectivity index (χ3n) is 6.22. The van der Waals surface area contributed by atoms with E-state index in [0.717, 1.165) is 28.4 Å². The highest BCUT2D eigenvalue weighted by atomic mass is 16.4. The molecule has 0 aliphatic heterocycles. The summed E-state index contributed by atoms with van der Waals surface area (Å²) in [5.41, 5.74) is 12.4. The molecule has 2 aromatic heterocycles. The summed E-state index contributed by atoms with van der Waals surface area (Å²) in [5, 5.41) is 10.6. The Bertz CT molecular complexity index is 1390. The summed E-state index contributed by atoms with van der Waals surface area (Å²) in [7, 11) is 2.02. The highest BCUT2D eigenvalue weighted by Crippen LogP contribution is 2.29. The van der Waals surface area contributed by atoms with E-state index in [1.165, 1.54) is 11.1 Å². The first kappa shape index (κ1) is 21.7. The number of carbonyl (C=O) groups is 1. The summed E-state index contributed by atoms with van der Waals surface area (Å²) >= 11 is 0. The average Bonchev–Trinajstić information content (AvgIpc) is 3.15. The van der Waals surface area contributed by atoms with Crippen molar-refractivity contribution in [3.05, 3.63) is 63.7 Å². The Kier molecular flexibility index (Phi) is 5.59. The zero-order chi connectivity index (χ0) is 23.2. The van der Waals surface area contributed by atoms with Crippen LogP contribution in [0.2, 0.25) is 0 Å². The molecule has 1 atom stereocenters. The first-order valence-corrected chi connectivity index (χ1v) is 11.0. The fourth-order valence-electron chi connectivity index (χ4n) is 4.96. The van der Waals surface area contributed by atoms with Crippen LogP contribution in [0.15, 0.2) is 41.3 Å². The smallest absolute Gasteiger partial charge is 0.329 e. The summed E-state index contributed by atoms with van der Waals surface area (Å²) in [6.07, 6.45) is 3.35. The maximum atomic E-state index is 13.7. The number of aromatic nitrogens is 3. The van der Waals surface area contributed by atoms with Gasteiger partial charge in [0.05, 0.1) is 24.0 Å². The molecule has 0 saturated carbocycles. The Morgan fingerprint density at radius 1 is 1.12 bits per heavy atom. The normalized spacial score (nSPS) is 12.6. The molecule has 32 heavy (non-hydrogen) atoms. The van der Waals surface area contributed by atoms with Gasteiger partial charge in [-0.2, -0.15) is 0 Å². The molecule has 168 valence electrons. The fourth-order valence-corrected chi connectivity index (χ4v) is 4.96. The van der Waals surface area contributed by atoms with E-state index in [0.29, 0.717) is 24.2 Å². The van der Waals surface area contributed by atoms with Crippen molar-refractivity contribution in [2.75, 3.05) is 5.73 Å². The Labute approximate surface area is 186 Å². The van der Waals surface area contributed by atoms with E-state index in [-0.39, 0.29) is 12.1 Å². The average molecular weight is 435 g/mol. The van der Waals surface area contributed by atoms with Gasteiger partial charge in [-0.05, 0) is 61.2 Å². The number of benzene rings is 2. The fraction of sp³-hybridized carbons (Fsp3) is 0.360. The summed E-state index contributed by atoms with van der Waals surface area (Å²) < 4.78 is 5.47. The van der Waals surface area contributed by atoms with Gasteiger partial charge in [0, 0.05) is 35.9 Å². The van der Waals surface area contributed by atoms with Gasteiger partial charge >= 0.3 is 11.7 Å². The molecule has 7 nitrogen and oxygen atoms in total. The van der Waals surface area contributed by atoms with Gasteiger partial charge in [0.2, 0.25) is 0 Å². The molecule has 4 aromatic rings. The van der Waals surface area contributed by atoms with E-state index in [2.05, 4.69) is 36.7 Å². The van der Waals surface area contributed by atoms with E-state index in [9.17, 15) is 14.7 Å². The topological polar surface area (TPSA) is 95.2 Å². The molecule has 1 unspecified atom stereocenters. The molecule has 0 spiro atoms. The van der Waals surface area contributed by atoms with Crippen molar-refractivity contribution >= 4 is 33.6 Å². The molecule has 0 fully saturated rings. The molecule has 2 heterocycles. The second kappa shape index (κ2) is 8.22. The Hall–Kier alpha value is -3.48. The van der Waals surface area contributed by atoms with E-state index in [4.69, 9.17) is 5.73 Å². The minimum atomic E-state index is -0.916. The molecule has 3 N–H and O–H groups in total. The van der Waals surface area contributed by atoms with Crippen molar-refractivity contribution in [3.63, 3.8) is 0 Å². The van der Waals surface area contributed by atoms with Gasteiger partial charge in [0.1, 0.15) is 0 Å². The number of hydrogen-bond acceptors (Lipinski definition) is 3. The van der Waals surface area contributed by atoms with Crippen molar-refractivity contribution in [2.24, 2.45) is 7.05 Å². The number of hydrogen-bond donors (Lipinski definition) is 2. The molecule has 0 radical (unpaired) electrons. The number of carboxylic acids is 1. The van der Waals surface area contributed by atoms with Crippen molar-refractivity contribution < 1.29 is 9.90 Å². The van der Waals surface area contributed by atoms with Crippen LogP contribution >= 0.6 is 0 Å². The van der Waals surface area contributed by atoms with Crippen LogP contribution in [0.5, 0.6) is 0 Å². The molecule has 0 bridgehead atoms. The summed E-state index contributed by atoms with van der Waals surface area (Å²) in [4.78, 5) is 25.2. The molecule has 2 aromatic carbocycles. The SMILES string of the molecule is CCCC(CC(=O)O)n1c(=O)n(Cc2cn(C)c3cc(C)cc(C)c23)c2ccc(N)cc21. The number of nitrogen functional groups attached to an aromatic ring is 1. The van der Waals surface area contributed by atoms with Gasteiger partial charge in [-0.3, -0.25) is 13.9 Å². The maximum Gasteiger partial charge on any atom is 0.329 e. The second-order valence-corrected chi connectivity index (χ2v) is 8.77. The lowest BCUT2D eigenvalue weighted by Gasteiger charge is -2.16. The lowest BCUT2D eigenvalue weighted by Crippen LogP contribution is -2.29. The van der Waals surface area contributed by atoms with Crippen LogP contribution in [-0.2, 0) is 18.4 Å². The number of fused-ring (bicyclic) bond motifs is 2. The second-order valence-electron chi connectivity index (χ2n) is 8.77. The summed E-state index contributed by atoms with van der Waals surface area (Å²) in [5.74, 6) is -0.916. The minimum absolute atomic E-state index is 0.103. The molecule has 0 aliphatic rings. The predicted molar refractivity (Wildman–Crippen MR) is 128 cm³/mol. The van der Waals surface area contributed by atoms with Crippen molar-refractivity contribution in [3.8, 4) is 0 Å². The first-order chi connectivity index (χ1) is 15.2. The molecule has 0 amide bonds. The Morgan fingerprint density at radius 3 is 2.56 bits per heavy atom. The van der Waals surface area contributed by atoms with Crippen LogP contribution in [0, 0.1) is 13.8 Å². The highest BCUT2D eigenvalue weighted by Gasteiger charge is 2.23. The largest absolute Gasteiger partial charge is 0.481 e. The Balaban J connectivity index is 1.93. The van der Waals surface area contributed by atoms with Gasteiger partial charge in [-0.15, -0.1) is 0 Å². The quantitative estimate of drug-likeness (QED) is 0.423. The third-order valence-corrected chi connectivity index (χ3v) is 6.22. The predicted octanol–water partition coefficient (Wildman–Crippen LogP) is 4.36. The number of carboxylic acid groups (broad SMARTS) is 1. The van der Waals surface area contributed by atoms with Gasteiger partial charge < -0.3 is 15.4 Å².